The van der Waals surface area contributed by atoms with E-state index < -0.39 is 29.3 Å². The van der Waals surface area contributed by atoms with E-state index >= 15 is 0 Å². The predicted octanol–water partition coefficient (Wildman–Crippen LogP) is 2.51. The average molecular weight is 468 g/mol. The Morgan fingerprint density at radius 2 is 1.94 bits per heavy atom. The molecule has 10 nitrogen and oxygen atoms in total. The van der Waals surface area contributed by atoms with E-state index in [1.54, 1.807) is 0 Å². The van der Waals surface area contributed by atoms with Crippen molar-refractivity contribution in [2.75, 3.05) is 33.0 Å². The number of rotatable bonds is 3. The predicted molar refractivity (Wildman–Crippen MR) is 115 cm³/mol. The Hall–Kier alpha value is -4.58. The highest BCUT2D eigenvalue weighted by molar-refractivity contribution is 5.96. The smallest absolute Gasteiger partial charge is 0.407 e. The first-order valence-electron chi connectivity index (χ1n) is 9.97. The highest BCUT2D eigenvalue weighted by atomic mass is 19.1. The molecule has 0 spiro atoms. The summed E-state index contributed by atoms with van der Waals surface area (Å²) < 4.78 is 40.8. The van der Waals surface area contributed by atoms with E-state index in [4.69, 9.17) is 15.2 Å². The summed E-state index contributed by atoms with van der Waals surface area (Å²) in [6.45, 7) is 0.424. The molecular formula is C22H18F2N6O4. The van der Waals surface area contributed by atoms with Crippen molar-refractivity contribution in [2.45, 2.75) is 12.5 Å². The quantitative estimate of drug-likeness (QED) is 0.559. The van der Waals surface area contributed by atoms with E-state index in [1.165, 1.54) is 30.0 Å². The van der Waals surface area contributed by atoms with Gasteiger partial charge in [-0.15, -0.1) is 0 Å². The molecule has 1 aromatic carbocycles. The number of methoxy groups -OCH3 is 2. The number of nitrogens with zero attached hydrogens (tertiary/aromatic N) is 5. The number of amides is 1. The van der Waals surface area contributed by atoms with Gasteiger partial charge in [0.25, 0.3) is 0 Å². The topological polar surface area (TPSA) is 140 Å². The Balaban J connectivity index is 1.91. The van der Waals surface area contributed by atoms with Gasteiger partial charge in [-0.3, -0.25) is 4.68 Å². The zero-order valence-corrected chi connectivity index (χ0v) is 18.1. The fourth-order valence-corrected chi connectivity index (χ4v) is 3.86. The van der Waals surface area contributed by atoms with Gasteiger partial charge in [0.15, 0.2) is 23.1 Å². The summed E-state index contributed by atoms with van der Waals surface area (Å²) in [6, 6.07) is 2.69. The molecule has 3 heterocycles. The maximum atomic E-state index is 14.7. The molecule has 174 valence electrons. The molecule has 3 aromatic rings. The van der Waals surface area contributed by atoms with E-state index in [1.807, 2.05) is 6.07 Å². The minimum Gasteiger partial charge on any atom is -0.493 e. The summed E-state index contributed by atoms with van der Waals surface area (Å²) in [5.41, 5.74) is 5.96. The van der Waals surface area contributed by atoms with E-state index in [9.17, 15) is 23.9 Å². The van der Waals surface area contributed by atoms with Crippen LogP contribution < -0.4 is 15.2 Å². The van der Waals surface area contributed by atoms with Crippen molar-refractivity contribution in [3.05, 3.63) is 40.7 Å². The number of hydrogen-bond acceptors (Lipinski definition) is 7. The summed E-state index contributed by atoms with van der Waals surface area (Å²) >= 11 is 0. The molecule has 1 unspecified atom stereocenters. The number of ether oxygens (including phenoxy) is 2. The third-order valence-corrected chi connectivity index (χ3v) is 5.53. The van der Waals surface area contributed by atoms with Crippen LogP contribution in [0.3, 0.4) is 0 Å². The van der Waals surface area contributed by atoms with Crippen LogP contribution in [0, 0.1) is 34.8 Å². The Morgan fingerprint density at radius 3 is 2.50 bits per heavy atom. The molecule has 4 rings (SSSR count). The van der Waals surface area contributed by atoms with Gasteiger partial charge in [-0.05, 0) is 12.3 Å². The molecule has 12 heteroatoms. The monoisotopic (exact) mass is 468 g/mol. The number of carboxylic acid groups (broad SMARTS) is 1. The van der Waals surface area contributed by atoms with Crippen LogP contribution in [0.5, 0.6) is 11.5 Å². The lowest BCUT2D eigenvalue weighted by Crippen LogP contribution is -2.27. The average Bonchev–Trinajstić information content (AvgIpc) is 3.46. The molecule has 34 heavy (non-hydrogen) atoms. The summed E-state index contributed by atoms with van der Waals surface area (Å²) in [5.74, 6) is 2.51. The first-order chi connectivity index (χ1) is 16.3. The van der Waals surface area contributed by atoms with Crippen molar-refractivity contribution in [3.63, 3.8) is 0 Å². The second kappa shape index (κ2) is 8.75. The number of nitrogen functional groups attached to an aromatic ring is 1. The van der Waals surface area contributed by atoms with Gasteiger partial charge in [0, 0.05) is 25.4 Å². The number of nitrogens with two attached hydrogens (primary N) is 1. The third kappa shape index (κ3) is 3.65. The molecule has 0 radical (unpaired) electrons. The van der Waals surface area contributed by atoms with Crippen LogP contribution in [0.15, 0.2) is 12.3 Å². The molecule has 1 fully saturated rings. The van der Waals surface area contributed by atoms with Crippen molar-refractivity contribution < 1.29 is 28.2 Å². The normalized spacial score (nSPS) is 15.0. The SMILES string of the molecule is COc1cc(OC)c(F)c(C#Cc2nn(C3CCN(C(=O)O)C3)c3c(C#N)cnc(N)c23)c1F. The maximum absolute atomic E-state index is 14.7. The molecule has 1 aliphatic rings. The molecule has 2 aromatic heterocycles. The second-order valence-corrected chi connectivity index (χ2v) is 7.39. The number of nitriles is 1. The standard InChI is InChI=1S/C22H18F2N6O4/c1-33-15-7-16(34-2)19(24)13(18(15)23)3-4-14-17-20(11(8-25)9-27-21(17)26)30(28-14)12-5-6-29(10-12)22(31)32/h7,9,12H,5-6,10H2,1-2H3,(H2,26,27)(H,31,32). The molecule has 0 bridgehead atoms. The molecule has 1 atom stereocenters. The molecular weight excluding hydrogens is 450 g/mol. The van der Waals surface area contributed by atoms with Gasteiger partial charge in [0.1, 0.15) is 23.1 Å². The number of benzene rings is 1. The molecule has 0 aliphatic carbocycles. The first kappa shape index (κ1) is 22.6. The maximum Gasteiger partial charge on any atom is 0.407 e. The van der Waals surface area contributed by atoms with Crippen LogP contribution in [-0.2, 0) is 0 Å². The van der Waals surface area contributed by atoms with Crippen molar-refractivity contribution >= 4 is 22.8 Å². The number of likely N-dealkylation sites (tertiary alicyclic amines) is 1. The number of aromatic nitrogens is 3. The minimum absolute atomic E-state index is 0.0156. The van der Waals surface area contributed by atoms with Gasteiger partial charge in [-0.1, -0.05) is 5.92 Å². The first-order valence-corrected chi connectivity index (χ1v) is 9.97. The molecule has 1 aliphatic heterocycles. The molecule has 1 amide bonds. The van der Waals surface area contributed by atoms with Gasteiger partial charge in [0.05, 0.1) is 36.7 Å². The number of anilines is 1. The van der Waals surface area contributed by atoms with Crippen molar-refractivity contribution in [1.29, 1.82) is 5.26 Å². The molecule has 0 saturated carbocycles. The number of hydrogen-bond donors (Lipinski definition) is 2. The van der Waals surface area contributed by atoms with E-state index in [0.29, 0.717) is 11.9 Å². The Kier molecular flexibility index (Phi) is 5.82. The number of halogens is 2. The minimum atomic E-state index is -1.07. The summed E-state index contributed by atoms with van der Waals surface area (Å²) in [6.07, 6.45) is 0.654. The van der Waals surface area contributed by atoms with Crippen LogP contribution in [0.2, 0.25) is 0 Å². The number of pyridine rings is 1. The second-order valence-electron chi connectivity index (χ2n) is 7.39. The van der Waals surface area contributed by atoms with Crippen molar-refractivity contribution in [3.8, 4) is 29.4 Å². The van der Waals surface area contributed by atoms with Gasteiger partial charge in [-0.25, -0.2) is 18.6 Å². The van der Waals surface area contributed by atoms with Crippen LogP contribution in [-0.4, -0.2) is 58.2 Å². The van der Waals surface area contributed by atoms with Crippen LogP contribution in [0.1, 0.15) is 29.3 Å². The van der Waals surface area contributed by atoms with E-state index in [-0.39, 0.29) is 47.1 Å². The molecule has 1 saturated heterocycles. The third-order valence-electron chi connectivity index (χ3n) is 5.53. The van der Waals surface area contributed by atoms with Gasteiger partial charge in [-0.2, -0.15) is 10.4 Å². The van der Waals surface area contributed by atoms with Gasteiger partial charge in [0.2, 0.25) is 0 Å². The lowest BCUT2D eigenvalue weighted by molar-refractivity contribution is 0.154. The fraction of sp³-hybridized carbons (Fsp3) is 0.273. The van der Waals surface area contributed by atoms with E-state index in [0.717, 1.165) is 6.07 Å². The Morgan fingerprint density at radius 1 is 1.26 bits per heavy atom. The highest BCUT2D eigenvalue weighted by Gasteiger charge is 2.31. The van der Waals surface area contributed by atoms with Crippen LogP contribution in [0.25, 0.3) is 10.9 Å². The molecule has 3 N–H and O–H groups in total. The van der Waals surface area contributed by atoms with Crippen LogP contribution >= 0.6 is 0 Å². The Labute approximate surface area is 192 Å². The van der Waals surface area contributed by atoms with Gasteiger partial charge >= 0.3 is 6.09 Å². The van der Waals surface area contributed by atoms with Crippen molar-refractivity contribution in [1.82, 2.24) is 19.7 Å². The summed E-state index contributed by atoms with van der Waals surface area (Å²) in [4.78, 5) is 16.6. The highest BCUT2D eigenvalue weighted by Crippen LogP contribution is 2.33. The summed E-state index contributed by atoms with van der Waals surface area (Å²) in [5, 5.41) is 23.6. The zero-order chi connectivity index (χ0) is 24.6. The van der Waals surface area contributed by atoms with Crippen molar-refractivity contribution in [2.24, 2.45) is 0 Å². The largest absolute Gasteiger partial charge is 0.493 e. The fourth-order valence-electron chi connectivity index (χ4n) is 3.86. The number of fused-ring (bicyclic) bond motifs is 1. The van der Waals surface area contributed by atoms with Crippen LogP contribution in [0.4, 0.5) is 19.4 Å². The van der Waals surface area contributed by atoms with E-state index in [2.05, 4.69) is 21.9 Å². The summed E-state index contributed by atoms with van der Waals surface area (Å²) in [7, 11) is 2.44. The van der Waals surface area contributed by atoms with Gasteiger partial charge < -0.3 is 25.2 Å². The zero-order valence-electron chi connectivity index (χ0n) is 18.1. The Bertz CT molecular complexity index is 1390. The lowest BCUT2D eigenvalue weighted by atomic mass is 10.1. The number of carbonyl (C=O) groups is 1. The lowest BCUT2D eigenvalue weighted by Gasteiger charge is -2.14.